The number of methoxy groups -OCH3 is 2. The Morgan fingerprint density at radius 1 is 1.21 bits per heavy atom. The molecule has 0 aliphatic heterocycles. The summed E-state index contributed by atoms with van der Waals surface area (Å²) in [4.78, 5) is 15.0. The van der Waals surface area contributed by atoms with Crippen LogP contribution < -0.4 is 10.6 Å². The van der Waals surface area contributed by atoms with Gasteiger partial charge in [0.2, 0.25) is 0 Å². The predicted molar refractivity (Wildman–Crippen MR) is 76.3 cm³/mol. The van der Waals surface area contributed by atoms with Crippen LogP contribution in [0, 0.1) is 0 Å². The van der Waals surface area contributed by atoms with Gasteiger partial charge in [0.05, 0.1) is 12.7 Å². The Kier molecular flexibility index (Phi) is 8.95. The number of hydrogen-bond donors (Lipinski definition) is 2. The van der Waals surface area contributed by atoms with Crippen LogP contribution >= 0.6 is 0 Å². The third-order valence-corrected chi connectivity index (χ3v) is 2.79. The zero-order valence-electron chi connectivity index (χ0n) is 12.7. The summed E-state index contributed by atoms with van der Waals surface area (Å²) in [5.41, 5.74) is -0.234. The fourth-order valence-electron chi connectivity index (χ4n) is 1.29. The van der Waals surface area contributed by atoms with E-state index in [2.05, 4.69) is 20.4 Å². The van der Waals surface area contributed by atoms with Gasteiger partial charge in [0, 0.05) is 33.7 Å². The maximum Gasteiger partial charge on any atom is 0.305 e. The number of hydrogen-bond acceptors (Lipinski definition) is 4. The maximum atomic E-state index is 10.9. The highest BCUT2D eigenvalue weighted by molar-refractivity contribution is 5.79. The van der Waals surface area contributed by atoms with E-state index in [0.29, 0.717) is 13.0 Å². The Balaban J connectivity index is 3.75. The van der Waals surface area contributed by atoms with Crippen molar-refractivity contribution in [3.8, 4) is 0 Å². The Morgan fingerprint density at radius 2 is 1.89 bits per heavy atom. The summed E-state index contributed by atoms with van der Waals surface area (Å²) in [6.07, 6.45) is 2.16. The van der Waals surface area contributed by atoms with Crippen LogP contribution in [0.3, 0.4) is 0 Å². The quantitative estimate of drug-likeness (QED) is 0.298. The summed E-state index contributed by atoms with van der Waals surface area (Å²) in [5.74, 6) is 0.576. The molecule has 0 aromatic rings. The van der Waals surface area contributed by atoms with Crippen LogP contribution in [0.4, 0.5) is 0 Å². The van der Waals surface area contributed by atoms with Crippen molar-refractivity contribution in [2.75, 3.05) is 34.4 Å². The monoisotopic (exact) mass is 273 g/mol. The topological polar surface area (TPSA) is 72.0 Å². The molecule has 0 rings (SSSR count). The zero-order chi connectivity index (χ0) is 14.7. The lowest BCUT2D eigenvalue weighted by molar-refractivity contribution is -0.140. The number of carbonyl (C=O) groups is 1. The van der Waals surface area contributed by atoms with Crippen molar-refractivity contribution < 1.29 is 14.3 Å². The fourth-order valence-corrected chi connectivity index (χ4v) is 1.29. The van der Waals surface area contributed by atoms with Crippen molar-refractivity contribution in [1.82, 2.24) is 10.6 Å². The van der Waals surface area contributed by atoms with Crippen LogP contribution in [-0.4, -0.2) is 51.9 Å². The summed E-state index contributed by atoms with van der Waals surface area (Å²) >= 11 is 0. The van der Waals surface area contributed by atoms with Crippen LogP contribution in [0.25, 0.3) is 0 Å². The molecule has 0 saturated heterocycles. The van der Waals surface area contributed by atoms with Crippen molar-refractivity contribution in [3.63, 3.8) is 0 Å². The molecule has 0 bridgehead atoms. The summed E-state index contributed by atoms with van der Waals surface area (Å²) in [6.45, 7) is 5.45. The lowest BCUT2D eigenvalue weighted by Crippen LogP contribution is -2.45. The number of nitrogens with zero attached hydrogens (tertiary/aromatic N) is 1. The van der Waals surface area contributed by atoms with E-state index in [1.54, 1.807) is 14.2 Å². The molecule has 0 heterocycles. The molecular formula is C13H27N3O3. The van der Waals surface area contributed by atoms with Gasteiger partial charge in [-0.2, -0.15) is 0 Å². The standard InChI is InChI=1S/C13H27N3O3/c1-13(2,19-5)10-16-12(14-3)15-9-7-6-8-11(17)18-4/h6-10H2,1-5H3,(H2,14,15,16). The molecule has 0 radical (unpaired) electrons. The molecule has 0 aliphatic rings. The van der Waals surface area contributed by atoms with Crippen molar-refractivity contribution in [3.05, 3.63) is 0 Å². The highest BCUT2D eigenvalue weighted by Gasteiger charge is 2.16. The second-order valence-electron chi connectivity index (χ2n) is 4.85. The maximum absolute atomic E-state index is 10.9. The number of carbonyl (C=O) groups excluding carboxylic acids is 1. The predicted octanol–water partition coefficient (Wildman–Crippen LogP) is 0.920. The molecule has 0 atom stereocenters. The van der Waals surface area contributed by atoms with E-state index in [4.69, 9.17) is 4.74 Å². The van der Waals surface area contributed by atoms with Gasteiger partial charge in [-0.1, -0.05) is 0 Å². The Labute approximate surface area is 116 Å². The Morgan fingerprint density at radius 3 is 2.42 bits per heavy atom. The number of guanidine groups is 1. The van der Waals surface area contributed by atoms with Gasteiger partial charge in [0.25, 0.3) is 0 Å². The van der Waals surface area contributed by atoms with Gasteiger partial charge in [-0.05, 0) is 26.7 Å². The minimum absolute atomic E-state index is 0.163. The van der Waals surface area contributed by atoms with Gasteiger partial charge in [-0.25, -0.2) is 0 Å². The summed E-state index contributed by atoms with van der Waals surface area (Å²) in [5, 5.41) is 6.38. The average Bonchev–Trinajstić information content (AvgIpc) is 2.41. The molecule has 6 heteroatoms. The van der Waals surface area contributed by atoms with Gasteiger partial charge in [-0.3, -0.25) is 9.79 Å². The van der Waals surface area contributed by atoms with Crippen LogP contribution in [0.5, 0.6) is 0 Å². The lowest BCUT2D eigenvalue weighted by Gasteiger charge is -2.24. The molecule has 0 amide bonds. The highest BCUT2D eigenvalue weighted by atomic mass is 16.5. The number of rotatable bonds is 8. The second-order valence-corrected chi connectivity index (χ2v) is 4.85. The molecule has 0 aliphatic carbocycles. The van der Waals surface area contributed by atoms with E-state index in [1.165, 1.54) is 7.11 Å². The van der Waals surface area contributed by atoms with E-state index in [1.807, 2.05) is 13.8 Å². The molecule has 0 saturated carbocycles. The van der Waals surface area contributed by atoms with Crippen LogP contribution in [0.15, 0.2) is 4.99 Å². The van der Waals surface area contributed by atoms with Crippen molar-refractivity contribution in [2.45, 2.75) is 38.7 Å². The molecule has 112 valence electrons. The summed E-state index contributed by atoms with van der Waals surface area (Å²) < 4.78 is 9.90. The van der Waals surface area contributed by atoms with Gasteiger partial charge < -0.3 is 20.1 Å². The van der Waals surface area contributed by atoms with Crippen molar-refractivity contribution >= 4 is 11.9 Å². The number of nitrogens with one attached hydrogen (secondary N) is 2. The number of ether oxygens (including phenoxy) is 2. The molecule has 2 N–H and O–H groups in total. The number of esters is 1. The number of aliphatic imine (C=N–C) groups is 1. The average molecular weight is 273 g/mol. The Bertz CT molecular complexity index is 291. The molecule has 0 aromatic carbocycles. The van der Waals surface area contributed by atoms with E-state index in [-0.39, 0.29) is 11.6 Å². The first-order chi connectivity index (χ1) is 8.95. The third kappa shape index (κ3) is 9.30. The van der Waals surface area contributed by atoms with E-state index in [0.717, 1.165) is 25.3 Å². The smallest absolute Gasteiger partial charge is 0.305 e. The van der Waals surface area contributed by atoms with Gasteiger partial charge in [-0.15, -0.1) is 0 Å². The summed E-state index contributed by atoms with van der Waals surface area (Å²) in [6, 6.07) is 0. The molecule has 0 fully saturated rings. The van der Waals surface area contributed by atoms with E-state index >= 15 is 0 Å². The van der Waals surface area contributed by atoms with Crippen LogP contribution in [-0.2, 0) is 14.3 Å². The van der Waals surface area contributed by atoms with Gasteiger partial charge in [0.15, 0.2) is 5.96 Å². The summed E-state index contributed by atoms with van der Waals surface area (Å²) in [7, 11) is 4.82. The zero-order valence-corrected chi connectivity index (χ0v) is 12.7. The minimum atomic E-state index is -0.234. The Hall–Kier alpha value is -1.30. The lowest BCUT2D eigenvalue weighted by atomic mass is 10.1. The first-order valence-electron chi connectivity index (χ1n) is 6.51. The normalized spacial score (nSPS) is 12.2. The van der Waals surface area contributed by atoms with Crippen LogP contribution in [0.2, 0.25) is 0 Å². The SMILES string of the molecule is CN=C(NCCCCC(=O)OC)NCC(C)(C)OC. The molecule has 19 heavy (non-hydrogen) atoms. The molecule has 0 aromatic heterocycles. The highest BCUT2D eigenvalue weighted by Crippen LogP contribution is 2.04. The van der Waals surface area contributed by atoms with Crippen molar-refractivity contribution in [1.29, 1.82) is 0 Å². The van der Waals surface area contributed by atoms with E-state index in [9.17, 15) is 4.79 Å². The molecule has 6 nitrogen and oxygen atoms in total. The number of unbranched alkanes of at least 4 members (excludes halogenated alkanes) is 1. The van der Waals surface area contributed by atoms with Gasteiger partial charge >= 0.3 is 5.97 Å². The van der Waals surface area contributed by atoms with Crippen LogP contribution in [0.1, 0.15) is 33.1 Å². The third-order valence-electron chi connectivity index (χ3n) is 2.79. The first-order valence-corrected chi connectivity index (χ1v) is 6.51. The van der Waals surface area contributed by atoms with Crippen molar-refractivity contribution in [2.24, 2.45) is 4.99 Å². The molecular weight excluding hydrogens is 246 g/mol. The molecule has 0 spiro atoms. The van der Waals surface area contributed by atoms with E-state index < -0.39 is 0 Å². The second kappa shape index (κ2) is 9.61. The minimum Gasteiger partial charge on any atom is -0.469 e. The fraction of sp³-hybridized carbons (Fsp3) is 0.846. The van der Waals surface area contributed by atoms with Gasteiger partial charge in [0.1, 0.15) is 0 Å². The molecule has 0 unspecified atom stereocenters. The first kappa shape index (κ1) is 17.7. The largest absolute Gasteiger partial charge is 0.469 e.